The van der Waals surface area contributed by atoms with Gasteiger partial charge in [0.15, 0.2) is 0 Å². The fourth-order valence-electron chi connectivity index (χ4n) is 6.13. The Morgan fingerprint density at radius 2 is 1.60 bits per heavy atom. The molecular formula is C34H47N7O8S. The summed E-state index contributed by atoms with van der Waals surface area (Å²) in [6.07, 6.45) is 2.45. The first-order valence-electron chi connectivity index (χ1n) is 16.5. The number of nitrogens with two attached hydrogens (primary N) is 2. The van der Waals surface area contributed by atoms with Gasteiger partial charge in [-0.25, -0.2) is 23.4 Å². The number of primary amides is 1. The summed E-state index contributed by atoms with van der Waals surface area (Å²) < 4.78 is 38.4. The van der Waals surface area contributed by atoms with E-state index in [1.165, 1.54) is 9.21 Å². The van der Waals surface area contributed by atoms with Crippen molar-refractivity contribution in [3.8, 4) is 0 Å². The smallest absolute Gasteiger partial charge is 0.428 e. The number of carbonyl (C=O) groups excluding carboxylic acids is 4. The molecule has 2 atom stereocenters. The molecule has 4 rings (SSSR count). The van der Waals surface area contributed by atoms with Crippen LogP contribution in [0.15, 0.2) is 65.8 Å². The van der Waals surface area contributed by atoms with Crippen molar-refractivity contribution in [1.82, 2.24) is 19.5 Å². The van der Waals surface area contributed by atoms with Crippen LogP contribution in [0, 0.1) is 5.92 Å². The van der Waals surface area contributed by atoms with Gasteiger partial charge in [0.1, 0.15) is 24.3 Å². The Hall–Kier alpha value is -4.70. The van der Waals surface area contributed by atoms with E-state index in [4.69, 9.17) is 20.9 Å². The van der Waals surface area contributed by atoms with E-state index in [1.54, 1.807) is 49.1 Å². The average Bonchev–Trinajstić information content (AvgIpc) is 3.59. The summed E-state index contributed by atoms with van der Waals surface area (Å²) in [7, 11) is -3.86. The molecule has 2 aliphatic rings. The summed E-state index contributed by atoms with van der Waals surface area (Å²) in [6, 6.07) is 15.8. The largest absolute Gasteiger partial charge is 0.458 e. The van der Waals surface area contributed by atoms with Crippen molar-refractivity contribution in [3.05, 3.63) is 71.8 Å². The Kier molecular flexibility index (Phi) is 12.8. The number of benzene rings is 2. The standard InChI is InChI=1S/C34H47N7O8S/c1-34(2,23-48-31(44)26-13-8-5-9-14-26)49-33(45)38-37-32(36)39-19-16-25(17-20-39)22-41(50(3,46)47)28(21-24-11-6-4-7-12-24)30(43)40-18-10-15-27(40)29(35)42/h4-9,11-14,25,27-28H,10,15-23H2,1-3H3,(H2,35,42)(H2,36,37)(H,38,45)/t27-,28+/m0/s1. The van der Waals surface area contributed by atoms with Crippen LogP contribution in [-0.4, -0.2) is 109 Å². The van der Waals surface area contributed by atoms with Gasteiger partial charge in [0.05, 0.1) is 11.8 Å². The van der Waals surface area contributed by atoms with Crippen LogP contribution in [0.2, 0.25) is 0 Å². The molecule has 2 aromatic rings. The zero-order valence-corrected chi connectivity index (χ0v) is 29.5. The first-order valence-corrected chi connectivity index (χ1v) is 18.4. The molecule has 0 saturated carbocycles. The van der Waals surface area contributed by atoms with Crippen molar-refractivity contribution in [3.63, 3.8) is 0 Å². The van der Waals surface area contributed by atoms with Gasteiger partial charge in [-0.3, -0.25) is 9.59 Å². The summed E-state index contributed by atoms with van der Waals surface area (Å²) in [5, 5.41) is 3.96. The molecule has 2 aromatic carbocycles. The van der Waals surface area contributed by atoms with E-state index >= 15 is 0 Å². The van der Waals surface area contributed by atoms with Crippen molar-refractivity contribution in [2.45, 2.75) is 63.6 Å². The van der Waals surface area contributed by atoms with E-state index in [9.17, 15) is 27.6 Å². The quantitative estimate of drug-likeness (QED) is 0.118. The number of sulfonamides is 1. The fraction of sp³-hybridized carbons (Fsp3) is 0.500. The van der Waals surface area contributed by atoms with Gasteiger partial charge in [-0.05, 0) is 69.6 Å². The predicted molar refractivity (Wildman–Crippen MR) is 186 cm³/mol. The second-order valence-electron chi connectivity index (χ2n) is 13.2. The maximum atomic E-state index is 14.0. The van der Waals surface area contributed by atoms with Crippen LogP contribution in [0.1, 0.15) is 55.5 Å². The van der Waals surface area contributed by atoms with Gasteiger partial charge in [0, 0.05) is 26.2 Å². The number of guanidine groups is 1. The summed E-state index contributed by atoms with van der Waals surface area (Å²) >= 11 is 0. The molecule has 0 radical (unpaired) electrons. The third kappa shape index (κ3) is 10.6. The molecule has 5 N–H and O–H groups in total. The Morgan fingerprint density at radius 3 is 2.20 bits per heavy atom. The number of hydrogen-bond acceptors (Lipinski definition) is 9. The minimum atomic E-state index is -3.86. The molecule has 272 valence electrons. The lowest BCUT2D eigenvalue weighted by Crippen LogP contribution is -2.56. The Bertz CT molecular complexity index is 1630. The van der Waals surface area contributed by atoms with Gasteiger partial charge in [0.2, 0.25) is 27.8 Å². The van der Waals surface area contributed by atoms with Crippen LogP contribution in [0.5, 0.6) is 0 Å². The Morgan fingerprint density at radius 1 is 0.980 bits per heavy atom. The molecule has 2 saturated heterocycles. The molecular weight excluding hydrogens is 666 g/mol. The van der Waals surface area contributed by atoms with Gasteiger partial charge < -0.3 is 30.7 Å². The Balaban J connectivity index is 1.35. The molecule has 50 heavy (non-hydrogen) atoms. The summed E-state index contributed by atoms with van der Waals surface area (Å²) in [5.41, 5.74) is 14.0. The van der Waals surface area contributed by atoms with Crippen LogP contribution in [0.25, 0.3) is 0 Å². The second kappa shape index (κ2) is 16.8. The molecule has 2 aliphatic heterocycles. The molecule has 3 amide bonds. The molecule has 2 fully saturated rings. The number of piperidine rings is 1. The number of nitrogens with one attached hydrogen (secondary N) is 1. The highest BCUT2D eigenvalue weighted by molar-refractivity contribution is 7.88. The molecule has 0 bridgehead atoms. The number of likely N-dealkylation sites (tertiary alicyclic amines) is 2. The number of hydrazone groups is 1. The minimum Gasteiger partial charge on any atom is -0.458 e. The van der Waals surface area contributed by atoms with Crippen LogP contribution < -0.4 is 16.9 Å². The SMILES string of the molecule is CC(C)(COC(=O)c1ccccc1)OC(=O)NN=C(N)N1CCC(CN([C@H](Cc2ccccc2)C(=O)N2CCC[C@H]2C(N)=O)S(C)(=O)=O)CC1. The van der Waals surface area contributed by atoms with Gasteiger partial charge in [-0.2, -0.15) is 4.31 Å². The number of ether oxygens (including phenoxy) is 2. The van der Waals surface area contributed by atoms with Gasteiger partial charge in [-0.1, -0.05) is 48.5 Å². The number of nitrogens with zero attached hydrogens (tertiary/aromatic N) is 4. The third-order valence-electron chi connectivity index (χ3n) is 8.76. The lowest BCUT2D eigenvalue weighted by molar-refractivity contribution is -0.140. The fourth-order valence-corrected chi connectivity index (χ4v) is 7.24. The lowest BCUT2D eigenvalue weighted by Gasteiger charge is -2.38. The van der Waals surface area contributed by atoms with Crippen molar-refractivity contribution in [1.29, 1.82) is 0 Å². The third-order valence-corrected chi connectivity index (χ3v) is 10.0. The van der Waals surface area contributed by atoms with Crippen molar-refractivity contribution in [2.24, 2.45) is 22.5 Å². The first kappa shape index (κ1) is 38.1. The monoisotopic (exact) mass is 713 g/mol. The normalized spacial score (nSPS) is 18.1. The van der Waals surface area contributed by atoms with Gasteiger partial charge in [0.25, 0.3) is 0 Å². The second-order valence-corrected chi connectivity index (χ2v) is 15.2. The summed E-state index contributed by atoms with van der Waals surface area (Å²) in [5.74, 6) is -1.66. The topological polar surface area (TPSA) is 207 Å². The molecule has 0 spiro atoms. The van der Waals surface area contributed by atoms with E-state index in [-0.39, 0.29) is 31.4 Å². The van der Waals surface area contributed by atoms with E-state index in [2.05, 4.69) is 10.5 Å². The zero-order valence-electron chi connectivity index (χ0n) is 28.7. The maximum absolute atomic E-state index is 14.0. The highest BCUT2D eigenvalue weighted by Crippen LogP contribution is 2.26. The Labute approximate surface area is 293 Å². The highest BCUT2D eigenvalue weighted by atomic mass is 32.2. The minimum absolute atomic E-state index is 0.0392. The number of carbonyl (C=O) groups is 4. The number of rotatable bonds is 13. The van der Waals surface area contributed by atoms with Crippen molar-refractivity contribution in [2.75, 3.05) is 39.0 Å². The van der Waals surface area contributed by atoms with Gasteiger partial charge in [-0.15, -0.1) is 5.10 Å². The van der Waals surface area contributed by atoms with Crippen LogP contribution in [0.4, 0.5) is 4.79 Å². The molecule has 0 aromatic heterocycles. The highest BCUT2D eigenvalue weighted by Gasteiger charge is 2.42. The van der Waals surface area contributed by atoms with E-state index in [0.717, 1.165) is 11.8 Å². The summed E-state index contributed by atoms with van der Waals surface area (Å²) in [6.45, 7) is 4.24. The summed E-state index contributed by atoms with van der Waals surface area (Å²) in [4.78, 5) is 54.0. The molecule has 0 unspecified atom stereocenters. The zero-order chi connectivity index (χ0) is 36.5. The molecule has 2 heterocycles. The first-order chi connectivity index (χ1) is 23.6. The van der Waals surface area contributed by atoms with E-state index in [1.807, 2.05) is 30.3 Å². The van der Waals surface area contributed by atoms with Gasteiger partial charge >= 0.3 is 12.1 Å². The van der Waals surface area contributed by atoms with Crippen molar-refractivity contribution >= 4 is 39.9 Å². The van der Waals surface area contributed by atoms with E-state index < -0.39 is 51.6 Å². The van der Waals surface area contributed by atoms with E-state index in [0.29, 0.717) is 50.9 Å². The number of esters is 1. The number of amides is 3. The van der Waals surface area contributed by atoms with Crippen LogP contribution in [0.3, 0.4) is 0 Å². The van der Waals surface area contributed by atoms with Crippen LogP contribution >= 0.6 is 0 Å². The molecule has 0 aliphatic carbocycles. The van der Waals surface area contributed by atoms with Crippen LogP contribution in [-0.2, 0) is 35.5 Å². The van der Waals surface area contributed by atoms with Crippen molar-refractivity contribution < 1.29 is 37.1 Å². The average molecular weight is 714 g/mol. The lowest BCUT2D eigenvalue weighted by atomic mass is 9.95. The molecule has 16 heteroatoms. The molecule has 15 nitrogen and oxygen atoms in total. The maximum Gasteiger partial charge on any atom is 0.428 e. The predicted octanol–water partition coefficient (Wildman–Crippen LogP) is 1.64. The number of hydrogen-bond donors (Lipinski definition) is 3.